The van der Waals surface area contributed by atoms with Crippen molar-refractivity contribution in [2.45, 2.75) is 25.8 Å². The van der Waals surface area contributed by atoms with Crippen molar-refractivity contribution in [2.24, 2.45) is 11.5 Å². The molecule has 0 rings (SSSR count). The van der Waals surface area contributed by atoms with Gasteiger partial charge in [0.25, 0.3) is 0 Å². The first-order valence-electron chi connectivity index (χ1n) is 3.43. The average molecular weight is 128 g/mol. The summed E-state index contributed by atoms with van der Waals surface area (Å²) < 4.78 is 0. The van der Waals surface area contributed by atoms with Gasteiger partial charge < -0.3 is 11.5 Å². The second-order valence-corrected chi connectivity index (χ2v) is 2.12. The fourth-order valence-electron chi connectivity index (χ4n) is 0.683. The smallest absolute Gasteiger partial charge is 0.0224 e. The second-order valence-electron chi connectivity index (χ2n) is 2.12. The average Bonchev–Trinajstić information content (AvgIpc) is 1.85. The highest BCUT2D eigenvalue weighted by Gasteiger charge is 1.91. The van der Waals surface area contributed by atoms with Crippen LogP contribution in [0.1, 0.15) is 19.8 Å². The molecule has 0 saturated heterocycles. The fourth-order valence-corrected chi connectivity index (χ4v) is 0.683. The van der Waals surface area contributed by atoms with Gasteiger partial charge in [-0.05, 0) is 6.42 Å². The van der Waals surface area contributed by atoms with Crippen LogP contribution in [0.25, 0.3) is 0 Å². The second kappa shape index (κ2) is 5.79. The third-order valence-electron chi connectivity index (χ3n) is 1.14. The summed E-state index contributed by atoms with van der Waals surface area (Å²) in [6, 6.07) is 0.207. The van der Waals surface area contributed by atoms with E-state index in [-0.39, 0.29) is 6.04 Å². The molecule has 1 atom stereocenters. The molecule has 0 heterocycles. The zero-order valence-corrected chi connectivity index (χ0v) is 6.01. The normalized spacial score (nSPS) is 14.6. The first-order chi connectivity index (χ1) is 4.31. The first-order valence-corrected chi connectivity index (χ1v) is 3.43. The Bertz CT molecular complexity index is 79.0. The Labute approximate surface area is 56.9 Å². The lowest BCUT2D eigenvalue weighted by Crippen LogP contribution is -2.16. The minimum atomic E-state index is 0.207. The number of hydrogen-bond acceptors (Lipinski definition) is 2. The zero-order valence-electron chi connectivity index (χ0n) is 6.01. The minimum Gasteiger partial charge on any atom is -0.327 e. The van der Waals surface area contributed by atoms with Gasteiger partial charge in [0, 0.05) is 12.6 Å². The molecule has 0 aliphatic rings. The molecule has 2 heteroatoms. The molecule has 0 radical (unpaired) electrons. The van der Waals surface area contributed by atoms with Crippen molar-refractivity contribution in [3.8, 4) is 0 Å². The van der Waals surface area contributed by atoms with Crippen LogP contribution in [0.3, 0.4) is 0 Å². The number of nitrogens with two attached hydrogens (primary N) is 2. The van der Waals surface area contributed by atoms with Gasteiger partial charge in [-0.15, -0.1) is 0 Å². The van der Waals surface area contributed by atoms with E-state index in [1.807, 2.05) is 12.2 Å². The Morgan fingerprint density at radius 2 is 2.22 bits per heavy atom. The standard InChI is InChI=1S/C7H16N2/c1-2-4-7(9)5-3-6-8/h3,5,7H,2,4,6,8-9H2,1H3. The van der Waals surface area contributed by atoms with Crippen molar-refractivity contribution in [1.29, 1.82) is 0 Å². The first kappa shape index (κ1) is 8.66. The lowest BCUT2D eigenvalue weighted by molar-refractivity contribution is 0.702. The van der Waals surface area contributed by atoms with Gasteiger partial charge in [0.2, 0.25) is 0 Å². The predicted molar refractivity (Wildman–Crippen MR) is 41.1 cm³/mol. The number of hydrogen-bond donors (Lipinski definition) is 2. The summed E-state index contributed by atoms with van der Waals surface area (Å²) in [5, 5.41) is 0. The molecular formula is C7H16N2. The van der Waals surface area contributed by atoms with Crippen LogP contribution < -0.4 is 11.5 Å². The van der Waals surface area contributed by atoms with Crippen LogP contribution in [0.15, 0.2) is 12.2 Å². The molecule has 0 aliphatic carbocycles. The Kier molecular flexibility index (Phi) is 5.57. The lowest BCUT2D eigenvalue weighted by atomic mass is 10.2. The van der Waals surface area contributed by atoms with E-state index in [9.17, 15) is 0 Å². The van der Waals surface area contributed by atoms with E-state index < -0.39 is 0 Å². The summed E-state index contributed by atoms with van der Waals surface area (Å²) >= 11 is 0. The van der Waals surface area contributed by atoms with E-state index in [0.29, 0.717) is 6.54 Å². The van der Waals surface area contributed by atoms with Crippen LogP contribution >= 0.6 is 0 Å². The van der Waals surface area contributed by atoms with Gasteiger partial charge in [0.05, 0.1) is 0 Å². The Hall–Kier alpha value is -0.340. The van der Waals surface area contributed by atoms with Gasteiger partial charge in [0.15, 0.2) is 0 Å². The van der Waals surface area contributed by atoms with Crippen LogP contribution in [0, 0.1) is 0 Å². The topological polar surface area (TPSA) is 52.0 Å². The highest BCUT2D eigenvalue weighted by atomic mass is 14.6. The third kappa shape index (κ3) is 5.53. The maximum absolute atomic E-state index is 5.63. The molecule has 2 nitrogen and oxygen atoms in total. The molecule has 0 fully saturated rings. The van der Waals surface area contributed by atoms with E-state index in [4.69, 9.17) is 11.5 Å². The molecule has 0 aromatic carbocycles. The van der Waals surface area contributed by atoms with Crippen molar-refractivity contribution >= 4 is 0 Å². The van der Waals surface area contributed by atoms with Crippen molar-refractivity contribution in [3.05, 3.63) is 12.2 Å². The molecule has 9 heavy (non-hydrogen) atoms. The van der Waals surface area contributed by atoms with E-state index >= 15 is 0 Å². The molecule has 0 saturated carbocycles. The van der Waals surface area contributed by atoms with Crippen LogP contribution in [-0.2, 0) is 0 Å². The number of rotatable bonds is 4. The minimum absolute atomic E-state index is 0.207. The molecule has 0 bridgehead atoms. The summed E-state index contributed by atoms with van der Waals surface area (Å²) in [4.78, 5) is 0. The molecule has 1 unspecified atom stereocenters. The Balaban J connectivity index is 3.25. The van der Waals surface area contributed by atoms with Crippen LogP contribution in [0.4, 0.5) is 0 Å². The van der Waals surface area contributed by atoms with E-state index in [0.717, 1.165) is 12.8 Å². The molecule has 0 aromatic rings. The highest BCUT2D eigenvalue weighted by Crippen LogP contribution is 1.93. The summed E-state index contributed by atoms with van der Waals surface area (Å²) in [6.45, 7) is 2.72. The molecule has 0 aliphatic heterocycles. The molecule has 0 spiro atoms. The fraction of sp³-hybridized carbons (Fsp3) is 0.714. The largest absolute Gasteiger partial charge is 0.327 e. The lowest BCUT2D eigenvalue weighted by Gasteiger charge is -2.01. The van der Waals surface area contributed by atoms with Gasteiger partial charge in [-0.1, -0.05) is 25.5 Å². The van der Waals surface area contributed by atoms with Crippen molar-refractivity contribution in [1.82, 2.24) is 0 Å². The van der Waals surface area contributed by atoms with Gasteiger partial charge in [-0.25, -0.2) is 0 Å². The van der Waals surface area contributed by atoms with E-state index in [1.54, 1.807) is 0 Å². The summed E-state index contributed by atoms with van der Waals surface area (Å²) in [5.41, 5.74) is 10.9. The van der Waals surface area contributed by atoms with Gasteiger partial charge >= 0.3 is 0 Å². The quantitative estimate of drug-likeness (QED) is 0.545. The summed E-state index contributed by atoms with van der Waals surface area (Å²) in [6.07, 6.45) is 6.05. The predicted octanol–water partition coefficient (Wildman–Crippen LogP) is 0.629. The van der Waals surface area contributed by atoms with E-state index in [2.05, 4.69) is 6.92 Å². The molecule has 0 amide bonds. The Morgan fingerprint density at radius 3 is 2.67 bits per heavy atom. The van der Waals surface area contributed by atoms with Crippen molar-refractivity contribution in [2.75, 3.05) is 6.54 Å². The van der Waals surface area contributed by atoms with Crippen LogP contribution in [-0.4, -0.2) is 12.6 Å². The maximum atomic E-state index is 5.63. The van der Waals surface area contributed by atoms with Gasteiger partial charge in [-0.3, -0.25) is 0 Å². The highest BCUT2D eigenvalue weighted by molar-refractivity contribution is 4.91. The molecule has 4 N–H and O–H groups in total. The molecule has 0 aromatic heterocycles. The van der Waals surface area contributed by atoms with Crippen molar-refractivity contribution in [3.63, 3.8) is 0 Å². The maximum Gasteiger partial charge on any atom is 0.0224 e. The Morgan fingerprint density at radius 1 is 1.56 bits per heavy atom. The van der Waals surface area contributed by atoms with Crippen LogP contribution in [0.5, 0.6) is 0 Å². The summed E-state index contributed by atoms with van der Waals surface area (Å²) in [5.74, 6) is 0. The van der Waals surface area contributed by atoms with Gasteiger partial charge in [-0.2, -0.15) is 0 Å². The molecular weight excluding hydrogens is 112 g/mol. The monoisotopic (exact) mass is 128 g/mol. The van der Waals surface area contributed by atoms with Crippen molar-refractivity contribution < 1.29 is 0 Å². The van der Waals surface area contributed by atoms with Crippen LogP contribution in [0.2, 0.25) is 0 Å². The van der Waals surface area contributed by atoms with E-state index in [1.165, 1.54) is 0 Å². The molecule has 54 valence electrons. The summed E-state index contributed by atoms with van der Waals surface area (Å²) in [7, 11) is 0. The zero-order chi connectivity index (χ0) is 7.11. The SMILES string of the molecule is CCCC(N)C=CCN. The third-order valence-corrected chi connectivity index (χ3v) is 1.14. The van der Waals surface area contributed by atoms with Gasteiger partial charge in [0.1, 0.15) is 0 Å².